The second-order valence-electron chi connectivity index (χ2n) is 4.47. The van der Waals surface area contributed by atoms with Gasteiger partial charge in [0.05, 0.1) is 5.69 Å². The molecule has 1 heterocycles. The summed E-state index contributed by atoms with van der Waals surface area (Å²) in [5.74, 6) is 0. The molecule has 2 aromatic carbocycles. The van der Waals surface area contributed by atoms with Crippen LogP contribution in [0.2, 0.25) is 0 Å². The van der Waals surface area contributed by atoms with Gasteiger partial charge in [0, 0.05) is 10.5 Å². The smallest absolute Gasteiger partial charge is 0.218 e. The van der Waals surface area contributed by atoms with Crippen molar-refractivity contribution in [3.05, 3.63) is 59.7 Å². The maximum absolute atomic E-state index is 11.2. The Morgan fingerprint density at radius 2 is 1.95 bits per heavy atom. The van der Waals surface area contributed by atoms with Crippen LogP contribution in [0.4, 0.5) is 0 Å². The SMILES string of the molecule is Cc1ccc(Sc2nnnn2-c2ccccc2)c(C=O)c1. The number of para-hydroxylation sites is 1. The predicted molar refractivity (Wildman–Crippen MR) is 79.8 cm³/mol. The number of carbonyl (C=O) groups excluding carboxylic acids is 1. The second-order valence-corrected chi connectivity index (χ2v) is 5.48. The van der Waals surface area contributed by atoms with Crippen molar-refractivity contribution in [1.82, 2.24) is 20.2 Å². The van der Waals surface area contributed by atoms with E-state index in [0.29, 0.717) is 10.7 Å². The molecule has 0 saturated heterocycles. The van der Waals surface area contributed by atoms with E-state index in [-0.39, 0.29) is 0 Å². The molecule has 3 rings (SSSR count). The fourth-order valence-electron chi connectivity index (χ4n) is 1.93. The molecule has 0 atom stereocenters. The van der Waals surface area contributed by atoms with Crippen molar-refractivity contribution >= 4 is 18.0 Å². The van der Waals surface area contributed by atoms with E-state index < -0.39 is 0 Å². The maximum Gasteiger partial charge on any atom is 0.218 e. The first-order valence-electron chi connectivity index (χ1n) is 6.35. The van der Waals surface area contributed by atoms with Gasteiger partial charge in [-0.05, 0) is 53.4 Å². The Kier molecular flexibility index (Phi) is 3.79. The third-order valence-electron chi connectivity index (χ3n) is 2.94. The topological polar surface area (TPSA) is 60.7 Å². The lowest BCUT2D eigenvalue weighted by Gasteiger charge is -2.06. The third-order valence-corrected chi connectivity index (χ3v) is 3.96. The molecule has 0 amide bonds. The Bertz CT molecular complexity index is 770. The number of rotatable bonds is 4. The number of benzene rings is 2. The summed E-state index contributed by atoms with van der Waals surface area (Å²) in [6.07, 6.45) is 0.853. The van der Waals surface area contributed by atoms with E-state index in [4.69, 9.17) is 0 Å². The number of tetrazole rings is 1. The minimum absolute atomic E-state index is 0.619. The molecule has 21 heavy (non-hydrogen) atoms. The lowest BCUT2D eigenvalue weighted by Crippen LogP contribution is -1.98. The first kappa shape index (κ1) is 13.5. The number of nitrogens with zero attached hydrogens (tertiary/aromatic N) is 4. The highest BCUT2D eigenvalue weighted by Gasteiger charge is 2.12. The molecular formula is C15H12N4OS. The van der Waals surface area contributed by atoms with Crippen molar-refractivity contribution in [3.8, 4) is 5.69 Å². The third kappa shape index (κ3) is 2.85. The van der Waals surface area contributed by atoms with Gasteiger partial charge in [-0.2, -0.15) is 4.68 Å². The second kappa shape index (κ2) is 5.88. The van der Waals surface area contributed by atoms with Crippen LogP contribution in [0.15, 0.2) is 58.6 Å². The van der Waals surface area contributed by atoms with E-state index >= 15 is 0 Å². The molecule has 0 saturated carbocycles. The number of aldehydes is 1. The summed E-state index contributed by atoms with van der Waals surface area (Å²) in [7, 11) is 0. The van der Waals surface area contributed by atoms with Crippen molar-refractivity contribution in [2.45, 2.75) is 17.0 Å². The Labute approximate surface area is 126 Å². The number of hydrogen-bond donors (Lipinski definition) is 0. The van der Waals surface area contributed by atoms with Crippen LogP contribution in [-0.4, -0.2) is 26.5 Å². The molecule has 0 aliphatic heterocycles. The predicted octanol–water partition coefficient (Wildman–Crippen LogP) is 2.93. The van der Waals surface area contributed by atoms with Gasteiger partial charge in [0.2, 0.25) is 5.16 Å². The normalized spacial score (nSPS) is 10.5. The van der Waals surface area contributed by atoms with E-state index in [0.717, 1.165) is 22.4 Å². The number of aromatic nitrogens is 4. The molecule has 3 aromatic rings. The van der Waals surface area contributed by atoms with E-state index in [1.165, 1.54) is 11.8 Å². The van der Waals surface area contributed by atoms with Gasteiger partial charge in [0.15, 0.2) is 6.29 Å². The van der Waals surface area contributed by atoms with Gasteiger partial charge < -0.3 is 0 Å². The van der Waals surface area contributed by atoms with Crippen LogP contribution in [0, 0.1) is 6.92 Å². The fraction of sp³-hybridized carbons (Fsp3) is 0.0667. The molecule has 0 bridgehead atoms. The van der Waals surface area contributed by atoms with Gasteiger partial charge >= 0.3 is 0 Å². The molecule has 5 nitrogen and oxygen atoms in total. The van der Waals surface area contributed by atoms with Crippen LogP contribution in [0.25, 0.3) is 5.69 Å². The highest BCUT2D eigenvalue weighted by molar-refractivity contribution is 7.99. The molecule has 1 aromatic heterocycles. The van der Waals surface area contributed by atoms with Crippen LogP contribution >= 0.6 is 11.8 Å². The summed E-state index contributed by atoms with van der Waals surface area (Å²) < 4.78 is 1.65. The fourth-order valence-corrected chi connectivity index (χ4v) is 2.79. The standard InChI is InChI=1S/C15H12N4OS/c1-11-7-8-14(12(9-11)10-20)21-15-16-17-18-19(15)13-5-3-2-4-6-13/h2-10H,1H3. The molecule has 0 fully saturated rings. The first-order valence-corrected chi connectivity index (χ1v) is 7.17. The van der Waals surface area contributed by atoms with Crippen molar-refractivity contribution in [1.29, 1.82) is 0 Å². The molecular weight excluding hydrogens is 284 g/mol. The van der Waals surface area contributed by atoms with Crippen LogP contribution in [0.3, 0.4) is 0 Å². The number of carbonyl (C=O) groups is 1. The zero-order chi connectivity index (χ0) is 14.7. The molecule has 0 radical (unpaired) electrons. The largest absolute Gasteiger partial charge is 0.298 e. The molecule has 0 unspecified atom stereocenters. The first-order chi connectivity index (χ1) is 10.3. The van der Waals surface area contributed by atoms with Gasteiger partial charge in [-0.15, -0.1) is 5.10 Å². The maximum atomic E-state index is 11.2. The van der Waals surface area contributed by atoms with Gasteiger partial charge in [-0.25, -0.2) is 0 Å². The quantitative estimate of drug-likeness (QED) is 0.693. The average molecular weight is 296 g/mol. The highest BCUT2D eigenvalue weighted by Crippen LogP contribution is 2.29. The van der Waals surface area contributed by atoms with E-state index in [2.05, 4.69) is 15.5 Å². The van der Waals surface area contributed by atoms with Gasteiger partial charge in [-0.3, -0.25) is 4.79 Å². The minimum atomic E-state index is 0.619. The zero-order valence-corrected chi connectivity index (χ0v) is 12.1. The Morgan fingerprint density at radius 1 is 1.14 bits per heavy atom. The molecule has 6 heteroatoms. The number of hydrogen-bond acceptors (Lipinski definition) is 5. The summed E-state index contributed by atoms with van der Waals surface area (Å²) in [6, 6.07) is 15.4. The van der Waals surface area contributed by atoms with Crippen molar-refractivity contribution in [2.24, 2.45) is 0 Å². The van der Waals surface area contributed by atoms with Crippen molar-refractivity contribution in [2.75, 3.05) is 0 Å². The minimum Gasteiger partial charge on any atom is -0.298 e. The van der Waals surface area contributed by atoms with Crippen LogP contribution < -0.4 is 0 Å². The van der Waals surface area contributed by atoms with Crippen LogP contribution in [0.5, 0.6) is 0 Å². The van der Waals surface area contributed by atoms with Gasteiger partial charge in [-0.1, -0.05) is 29.8 Å². The summed E-state index contributed by atoms with van der Waals surface area (Å²) in [5.41, 5.74) is 2.57. The zero-order valence-electron chi connectivity index (χ0n) is 11.3. The summed E-state index contributed by atoms with van der Waals surface area (Å²) in [6.45, 7) is 1.95. The average Bonchev–Trinajstić information content (AvgIpc) is 2.98. The van der Waals surface area contributed by atoms with Crippen molar-refractivity contribution < 1.29 is 4.79 Å². The van der Waals surface area contributed by atoms with Crippen LogP contribution in [-0.2, 0) is 0 Å². The van der Waals surface area contributed by atoms with Gasteiger partial charge in [0.1, 0.15) is 0 Å². The Hall–Kier alpha value is -2.47. The highest BCUT2D eigenvalue weighted by atomic mass is 32.2. The monoisotopic (exact) mass is 296 g/mol. The lowest BCUT2D eigenvalue weighted by atomic mass is 10.2. The summed E-state index contributed by atoms with van der Waals surface area (Å²) in [5, 5.41) is 12.4. The lowest BCUT2D eigenvalue weighted by molar-refractivity contribution is 0.112. The van der Waals surface area contributed by atoms with E-state index in [1.807, 2.05) is 55.5 Å². The van der Waals surface area contributed by atoms with E-state index in [1.54, 1.807) is 4.68 Å². The molecule has 104 valence electrons. The van der Waals surface area contributed by atoms with Crippen LogP contribution in [0.1, 0.15) is 15.9 Å². The Balaban J connectivity index is 1.97. The molecule has 0 aliphatic rings. The molecule has 0 spiro atoms. The Morgan fingerprint density at radius 3 is 2.71 bits per heavy atom. The van der Waals surface area contributed by atoms with Crippen molar-refractivity contribution in [3.63, 3.8) is 0 Å². The van der Waals surface area contributed by atoms with E-state index in [9.17, 15) is 4.79 Å². The summed E-state index contributed by atoms with van der Waals surface area (Å²) >= 11 is 1.37. The number of aryl methyl sites for hydroxylation is 1. The van der Waals surface area contributed by atoms with Gasteiger partial charge in [0.25, 0.3) is 0 Å². The molecule has 0 aliphatic carbocycles. The summed E-state index contributed by atoms with van der Waals surface area (Å²) in [4.78, 5) is 12.0. The molecule has 0 N–H and O–H groups in total.